The first-order chi connectivity index (χ1) is 8.02. The van der Waals surface area contributed by atoms with E-state index in [1.165, 1.54) is 0 Å². The zero-order chi connectivity index (χ0) is 12.6. The van der Waals surface area contributed by atoms with Crippen molar-refractivity contribution in [1.29, 1.82) is 0 Å². The van der Waals surface area contributed by atoms with Crippen molar-refractivity contribution in [1.82, 2.24) is 0 Å². The standard InChI is InChI=1S/C11H11F3O3/c12-6-2-8(14)7(13)1-5(6)10-3-9(16)11(4-15)17-10/h1-2,9-11,15-16H,3-4H2/t9-,10-,11+/m0/s1. The minimum absolute atomic E-state index is 0.0349. The first-order valence-electron chi connectivity index (χ1n) is 5.11. The van der Waals surface area contributed by atoms with Gasteiger partial charge in [0.15, 0.2) is 11.6 Å². The molecule has 3 nitrogen and oxygen atoms in total. The fraction of sp³-hybridized carbons (Fsp3) is 0.455. The molecule has 0 unspecified atom stereocenters. The topological polar surface area (TPSA) is 49.7 Å². The lowest BCUT2D eigenvalue weighted by molar-refractivity contribution is -0.0234. The quantitative estimate of drug-likeness (QED) is 0.775. The summed E-state index contributed by atoms with van der Waals surface area (Å²) in [5.74, 6) is -3.38. The van der Waals surface area contributed by atoms with Gasteiger partial charge in [-0.1, -0.05) is 0 Å². The van der Waals surface area contributed by atoms with Gasteiger partial charge in [-0.2, -0.15) is 0 Å². The molecule has 1 aromatic rings. The maximum absolute atomic E-state index is 13.4. The second-order valence-electron chi connectivity index (χ2n) is 3.94. The van der Waals surface area contributed by atoms with Gasteiger partial charge in [-0.05, 0) is 6.07 Å². The summed E-state index contributed by atoms with van der Waals surface area (Å²) in [6.45, 7) is -0.414. The lowest BCUT2D eigenvalue weighted by atomic mass is 10.0. The van der Waals surface area contributed by atoms with Crippen LogP contribution in [0.15, 0.2) is 12.1 Å². The molecule has 6 heteroatoms. The molecular formula is C11H11F3O3. The van der Waals surface area contributed by atoms with Crippen molar-refractivity contribution in [2.24, 2.45) is 0 Å². The van der Waals surface area contributed by atoms with Crippen molar-refractivity contribution < 1.29 is 28.1 Å². The first-order valence-corrected chi connectivity index (χ1v) is 5.11. The molecule has 3 atom stereocenters. The van der Waals surface area contributed by atoms with Gasteiger partial charge in [0.25, 0.3) is 0 Å². The number of rotatable bonds is 2. The number of aliphatic hydroxyl groups excluding tert-OH is 2. The van der Waals surface area contributed by atoms with E-state index in [9.17, 15) is 18.3 Å². The molecule has 1 aromatic carbocycles. The van der Waals surface area contributed by atoms with Gasteiger partial charge in [-0.25, -0.2) is 13.2 Å². The summed E-state index contributed by atoms with van der Waals surface area (Å²) in [7, 11) is 0. The van der Waals surface area contributed by atoms with E-state index in [1.807, 2.05) is 0 Å². The van der Waals surface area contributed by atoms with Crippen LogP contribution in [-0.4, -0.2) is 29.0 Å². The van der Waals surface area contributed by atoms with Crippen molar-refractivity contribution in [3.8, 4) is 0 Å². The molecule has 0 radical (unpaired) electrons. The average molecular weight is 248 g/mol. The minimum Gasteiger partial charge on any atom is -0.394 e. The number of benzene rings is 1. The molecule has 0 amide bonds. The van der Waals surface area contributed by atoms with E-state index in [0.29, 0.717) is 12.1 Å². The van der Waals surface area contributed by atoms with E-state index >= 15 is 0 Å². The Labute approximate surface area is 95.4 Å². The highest BCUT2D eigenvalue weighted by atomic mass is 19.2. The Bertz CT molecular complexity index is 425. The van der Waals surface area contributed by atoms with Gasteiger partial charge in [0.2, 0.25) is 0 Å². The van der Waals surface area contributed by atoms with Crippen LogP contribution < -0.4 is 0 Å². The lowest BCUT2D eigenvalue weighted by Gasteiger charge is -2.13. The summed E-state index contributed by atoms with van der Waals surface area (Å²) in [6.07, 6.45) is -2.62. The van der Waals surface area contributed by atoms with Crippen LogP contribution in [0.25, 0.3) is 0 Å². The van der Waals surface area contributed by atoms with Crippen LogP contribution in [0.1, 0.15) is 18.1 Å². The van der Waals surface area contributed by atoms with Gasteiger partial charge in [0, 0.05) is 18.1 Å². The van der Waals surface area contributed by atoms with Gasteiger partial charge in [-0.15, -0.1) is 0 Å². The van der Waals surface area contributed by atoms with Crippen LogP contribution in [0, 0.1) is 17.5 Å². The minimum atomic E-state index is -1.27. The smallest absolute Gasteiger partial charge is 0.161 e. The molecule has 1 aliphatic rings. The third-order valence-electron chi connectivity index (χ3n) is 2.79. The van der Waals surface area contributed by atoms with Crippen LogP contribution in [0.5, 0.6) is 0 Å². The van der Waals surface area contributed by atoms with E-state index in [4.69, 9.17) is 9.84 Å². The highest BCUT2D eigenvalue weighted by molar-refractivity contribution is 5.23. The summed E-state index contributed by atoms with van der Waals surface area (Å²) in [5.41, 5.74) is -0.154. The van der Waals surface area contributed by atoms with Crippen molar-refractivity contribution in [3.63, 3.8) is 0 Å². The lowest BCUT2D eigenvalue weighted by Crippen LogP contribution is -2.24. The Morgan fingerprint density at radius 1 is 1.18 bits per heavy atom. The van der Waals surface area contributed by atoms with E-state index in [1.54, 1.807) is 0 Å². The van der Waals surface area contributed by atoms with Gasteiger partial charge < -0.3 is 14.9 Å². The Morgan fingerprint density at radius 2 is 1.82 bits per heavy atom. The molecule has 0 bridgehead atoms. The van der Waals surface area contributed by atoms with Crippen LogP contribution in [0.4, 0.5) is 13.2 Å². The Kier molecular flexibility index (Phi) is 3.37. The Morgan fingerprint density at radius 3 is 2.41 bits per heavy atom. The molecular weight excluding hydrogens is 237 g/mol. The molecule has 0 aromatic heterocycles. The summed E-state index contributed by atoms with van der Waals surface area (Å²) in [4.78, 5) is 0. The Hall–Kier alpha value is -1.11. The van der Waals surface area contributed by atoms with Crippen molar-refractivity contribution >= 4 is 0 Å². The SMILES string of the molecule is OC[C@H]1O[C@H](c2cc(F)c(F)cc2F)C[C@@H]1O. The molecule has 1 aliphatic heterocycles. The number of hydrogen-bond acceptors (Lipinski definition) is 3. The third kappa shape index (κ3) is 2.29. The summed E-state index contributed by atoms with van der Waals surface area (Å²) in [6, 6.07) is 1.15. The van der Waals surface area contributed by atoms with E-state index in [0.717, 1.165) is 0 Å². The second-order valence-corrected chi connectivity index (χ2v) is 3.94. The molecule has 17 heavy (non-hydrogen) atoms. The van der Waals surface area contributed by atoms with Crippen molar-refractivity contribution in [3.05, 3.63) is 35.1 Å². The molecule has 1 heterocycles. The van der Waals surface area contributed by atoms with E-state index in [-0.39, 0.29) is 12.0 Å². The van der Waals surface area contributed by atoms with Crippen LogP contribution in [0.3, 0.4) is 0 Å². The van der Waals surface area contributed by atoms with Crippen LogP contribution in [-0.2, 0) is 4.74 Å². The number of hydrogen-bond donors (Lipinski definition) is 2. The molecule has 0 saturated carbocycles. The summed E-state index contributed by atoms with van der Waals surface area (Å²) < 4.78 is 44.3. The molecule has 1 fully saturated rings. The van der Waals surface area contributed by atoms with Gasteiger partial charge in [-0.3, -0.25) is 0 Å². The predicted octanol–water partition coefficient (Wildman–Crippen LogP) is 1.29. The monoisotopic (exact) mass is 248 g/mol. The predicted molar refractivity (Wildman–Crippen MR) is 51.6 cm³/mol. The maximum atomic E-state index is 13.4. The van der Waals surface area contributed by atoms with E-state index in [2.05, 4.69) is 0 Å². The van der Waals surface area contributed by atoms with E-state index < -0.39 is 42.4 Å². The number of halogens is 3. The van der Waals surface area contributed by atoms with Gasteiger partial charge in [0.05, 0.1) is 18.8 Å². The zero-order valence-corrected chi connectivity index (χ0v) is 8.74. The first kappa shape index (κ1) is 12.3. The Balaban J connectivity index is 2.27. The van der Waals surface area contributed by atoms with Crippen LogP contribution in [0.2, 0.25) is 0 Å². The second kappa shape index (κ2) is 4.64. The summed E-state index contributed by atoms with van der Waals surface area (Å²) >= 11 is 0. The molecule has 94 valence electrons. The maximum Gasteiger partial charge on any atom is 0.161 e. The largest absolute Gasteiger partial charge is 0.394 e. The van der Waals surface area contributed by atoms with Gasteiger partial charge >= 0.3 is 0 Å². The normalized spacial score (nSPS) is 28.6. The molecule has 0 spiro atoms. The average Bonchev–Trinajstić information content (AvgIpc) is 2.65. The zero-order valence-electron chi connectivity index (χ0n) is 8.74. The van der Waals surface area contributed by atoms with Crippen molar-refractivity contribution in [2.45, 2.75) is 24.7 Å². The fourth-order valence-electron chi connectivity index (χ4n) is 1.88. The summed E-state index contributed by atoms with van der Waals surface area (Å²) in [5, 5.41) is 18.3. The molecule has 0 aliphatic carbocycles. The highest BCUT2D eigenvalue weighted by Gasteiger charge is 2.35. The highest BCUT2D eigenvalue weighted by Crippen LogP contribution is 2.34. The molecule has 2 N–H and O–H groups in total. The van der Waals surface area contributed by atoms with Crippen molar-refractivity contribution in [2.75, 3.05) is 6.61 Å². The molecule has 2 rings (SSSR count). The van der Waals surface area contributed by atoms with Crippen LogP contribution >= 0.6 is 0 Å². The third-order valence-corrected chi connectivity index (χ3v) is 2.79. The fourth-order valence-corrected chi connectivity index (χ4v) is 1.88. The van der Waals surface area contributed by atoms with Gasteiger partial charge in [0.1, 0.15) is 11.9 Å². The number of ether oxygens (including phenoxy) is 1. The molecule has 1 saturated heterocycles. The number of aliphatic hydroxyl groups is 2.